The normalized spacial score (nSPS) is 15.7. The molecule has 1 atom stereocenters. The molecule has 5 rings (SSSR count). The van der Waals surface area contributed by atoms with Crippen molar-refractivity contribution in [3.8, 4) is 11.3 Å². The summed E-state index contributed by atoms with van der Waals surface area (Å²) in [5.74, 6) is -1.11. The van der Waals surface area contributed by atoms with E-state index >= 15 is 0 Å². The maximum absolute atomic E-state index is 13.6. The second kappa shape index (κ2) is 9.83. The second-order valence-electron chi connectivity index (χ2n) is 8.61. The first kappa shape index (κ1) is 23.6. The number of hydrogen-bond donors (Lipinski definition) is 1. The minimum Gasteiger partial charge on any atom is -0.457 e. The van der Waals surface area contributed by atoms with Gasteiger partial charge < -0.3 is 10.1 Å². The van der Waals surface area contributed by atoms with Gasteiger partial charge in [-0.05, 0) is 67.6 Å². The number of aromatic nitrogens is 3. The summed E-state index contributed by atoms with van der Waals surface area (Å²) in [6.45, 7) is 5.30. The number of Topliss-reactive ketones (excluding diaryl/α,β-unsaturated/α-hetero) is 1. The van der Waals surface area contributed by atoms with Crippen LogP contribution in [0.1, 0.15) is 37.8 Å². The summed E-state index contributed by atoms with van der Waals surface area (Å²) in [5.41, 5.74) is 5.70. The van der Waals surface area contributed by atoms with E-state index in [-0.39, 0.29) is 12.4 Å². The maximum Gasteiger partial charge on any atom is 0.337 e. The van der Waals surface area contributed by atoms with Crippen molar-refractivity contribution < 1.29 is 14.3 Å². The van der Waals surface area contributed by atoms with Gasteiger partial charge in [0.05, 0.1) is 11.3 Å². The Balaban J connectivity index is 1.47. The third-order valence-corrected chi connectivity index (χ3v) is 7.12. The summed E-state index contributed by atoms with van der Waals surface area (Å²) >= 11 is 1.50. The van der Waals surface area contributed by atoms with Crippen LogP contribution in [0.3, 0.4) is 0 Å². The van der Waals surface area contributed by atoms with Crippen LogP contribution < -0.4 is 5.32 Å². The zero-order chi connectivity index (χ0) is 25.2. The summed E-state index contributed by atoms with van der Waals surface area (Å²) in [7, 11) is 0. The number of ether oxygens (including phenoxy) is 1. The topological polar surface area (TPSA) is 94.1 Å². The van der Waals surface area contributed by atoms with Crippen molar-refractivity contribution in [3.63, 3.8) is 0 Å². The summed E-state index contributed by atoms with van der Waals surface area (Å²) in [5, 5.41) is 6.12. The van der Waals surface area contributed by atoms with Gasteiger partial charge in [-0.15, -0.1) is 11.3 Å². The van der Waals surface area contributed by atoms with E-state index in [0.29, 0.717) is 16.8 Å². The Morgan fingerprint density at radius 1 is 1.03 bits per heavy atom. The molecule has 36 heavy (non-hydrogen) atoms. The monoisotopic (exact) mass is 496 g/mol. The molecule has 0 radical (unpaired) electrons. The molecule has 0 fully saturated rings. The highest BCUT2D eigenvalue weighted by Gasteiger charge is 2.37. The number of allylic oxidation sites excluding steroid dienone is 3. The molecular formula is C28H24N4O3S. The van der Waals surface area contributed by atoms with Gasteiger partial charge >= 0.3 is 5.97 Å². The lowest BCUT2D eigenvalue weighted by Crippen LogP contribution is -2.31. The average Bonchev–Trinajstić information content (AvgIpc) is 3.31. The van der Waals surface area contributed by atoms with Gasteiger partial charge in [0.1, 0.15) is 11.4 Å². The van der Waals surface area contributed by atoms with E-state index in [2.05, 4.69) is 20.3 Å². The predicted octanol–water partition coefficient (Wildman–Crippen LogP) is 5.32. The second-order valence-corrected chi connectivity index (χ2v) is 9.46. The van der Waals surface area contributed by atoms with Gasteiger partial charge in [-0.2, -0.15) is 0 Å². The number of rotatable bonds is 6. The molecule has 0 amide bonds. The number of dihydropyridines is 1. The van der Waals surface area contributed by atoms with Crippen LogP contribution in [0, 0.1) is 0 Å². The fourth-order valence-corrected chi connectivity index (χ4v) is 5.55. The number of pyridine rings is 3. The lowest BCUT2D eigenvalue weighted by molar-refractivity contribution is -0.140. The molecule has 0 saturated heterocycles. The summed E-state index contributed by atoms with van der Waals surface area (Å²) < 4.78 is 5.81. The van der Waals surface area contributed by atoms with E-state index in [1.165, 1.54) is 18.3 Å². The number of carbonyl (C=O) groups excluding carboxylic acids is 2. The molecule has 1 N–H and O–H groups in total. The van der Waals surface area contributed by atoms with Gasteiger partial charge in [0.2, 0.25) is 0 Å². The number of fused-ring (bicyclic) bond motifs is 1. The molecule has 4 aromatic rings. The highest BCUT2D eigenvalue weighted by atomic mass is 32.1. The van der Waals surface area contributed by atoms with Crippen LogP contribution in [0.2, 0.25) is 0 Å². The zero-order valence-corrected chi connectivity index (χ0v) is 20.9. The summed E-state index contributed by atoms with van der Waals surface area (Å²) in [6.07, 6.45) is 6.87. The van der Waals surface area contributed by atoms with Crippen LogP contribution in [0.4, 0.5) is 0 Å². The smallest absolute Gasteiger partial charge is 0.337 e. The third kappa shape index (κ3) is 4.43. The van der Waals surface area contributed by atoms with Gasteiger partial charge in [0.15, 0.2) is 5.78 Å². The number of nitrogens with zero attached hydrogens (tertiary/aromatic N) is 3. The van der Waals surface area contributed by atoms with Gasteiger partial charge in [-0.25, -0.2) is 9.78 Å². The Morgan fingerprint density at radius 2 is 1.83 bits per heavy atom. The van der Waals surface area contributed by atoms with Crippen LogP contribution in [-0.4, -0.2) is 26.7 Å². The van der Waals surface area contributed by atoms with Crippen LogP contribution in [0.5, 0.6) is 0 Å². The number of thiophene rings is 1. The van der Waals surface area contributed by atoms with E-state index in [9.17, 15) is 9.59 Å². The van der Waals surface area contributed by atoms with Crippen molar-refractivity contribution in [3.05, 3.63) is 100 Å². The molecule has 0 aliphatic carbocycles. The van der Waals surface area contributed by atoms with Gasteiger partial charge in [-0.3, -0.25) is 14.8 Å². The Kier molecular flexibility index (Phi) is 6.43. The minimum absolute atomic E-state index is 0.0716. The maximum atomic E-state index is 13.6. The first-order valence-electron chi connectivity index (χ1n) is 11.5. The third-order valence-electron chi connectivity index (χ3n) is 6.20. The fourth-order valence-electron chi connectivity index (χ4n) is 4.62. The lowest BCUT2D eigenvalue weighted by atomic mass is 9.79. The molecule has 1 aliphatic rings. The zero-order valence-electron chi connectivity index (χ0n) is 20.1. The number of esters is 1. The predicted molar refractivity (Wildman–Crippen MR) is 139 cm³/mol. The fraction of sp³-hybridized carbons (Fsp3) is 0.179. The molecular weight excluding hydrogens is 472 g/mol. The van der Waals surface area contributed by atoms with Crippen LogP contribution in [0.25, 0.3) is 21.5 Å². The molecule has 5 heterocycles. The van der Waals surface area contributed by atoms with Crippen molar-refractivity contribution in [2.24, 2.45) is 0 Å². The first-order valence-corrected chi connectivity index (χ1v) is 12.4. The first-order chi connectivity index (χ1) is 17.4. The van der Waals surface area contributed by atoms with Crippen molar-refractivity contribution in [1.82, 2.24) is 20.3 Å². The molecule has 4 aromatic heterocycles. The molecule has 8 heteroatoms. The summed E-state index contributed by atoms with van der Waals surface area (Å²) in [4.78, 5) is 40.2. The molecule has 0 saturated carbocycles. The molecule has 180 valence electrons. The van der Waals surface area contributed by atoms with E-state index < -0.39 is 11.9 Å². The molecule has 0 bridgehead atoms. The summed E-state index contributed by atoms with van der Waals surface area (Å²) in [6, 6.07) is 11.3. The van der Waals surface area contributed by atoms with Crippen LogP contribution in [0.15, 0.2) is 89.1 Å². The van der Waals surface area contributed by atoms with Crippen molar-refractivity contribution in [1.29, 1.82) is 0 Å². The lowest BCUT2D eigenvalue weighted by Gasteiger charge is -2.30. The molecule has 0 spiro atoms. The highest BCUT2D eigenvalue weighted by molar-refractivity contribution is 7.16. The number of nitrogens with one attached hydrogen (secondary N) is 1. The van der Waals surface area contributed by atoms with Crippen molar-refractivity contribution in [2.45, 2.75) is 33.3 Å². The SMILES string of the molecule is CC(=O)C1=C(C)NC(C)=C(C(=O)OCc2ccnc(-c3cccnc3)c2)C1c1csc2ncccc12. The highest BCUT2D eigenvalue weighted by Crippen LogP contribution is 2.43. The van der Waals surface area contributed by atoms with Crippen LogP contribution in [-0.2, 0) is 20.9 Å². The Labute approximate surface area is 212 Å². The van der Waals surface area contributed by atoms with Crippen molar-refractivity contribution in [2.75, 3.05) is 0 Å². The van der Waals surface area contributed by atoms with E-state index in [1.54, 1.807) is 24.8 Å². The van der Waals surface area contributed by atoms with E-state index in [4.69, 9.17) is 4.74 Å². The van der Waals surface area contributed by atoms with Crippen LogP contribution >= 0.6 is 11.3 Å². The Morgan fingerprint density at radius 3 is 2.61 bits per heavy atom. The van der Waals surface area contributed by atoms with E-state index in [1.807, 2.05) is 55.6 Å². The Bertz CT molecular complexity index is 1540. The standard InChI is InChI=1S/C28H24N4O3S/c1-16-24(18(3)33)26(22-15-36-27-21(22)7-5-10-31-27)25(17(2)32-16)28(34)35-14-19-8-11-30-23(12-19)20-6-4-9-29-13-20/h4-13,15,26,32H,14H2,1-3H3. The molecule has 1 unspecified atom stereocenters. The Hall–Kier alpha value is -4.17. The van der Waals surface area contributed by atoms with Gasteiger partial charge in [-0.1, -0.05) is 6.07 Å². The quantitative estimate of drug-likeness (QED) is 0.361. The largest absolute Gasteiger partial charge is 0.457 e. The number of ketones is 1. The number of carbonyl (C=O) groups is 2. The van der Waals surface area contributed by atoms with Gasteiger partial charge in [0, 0.05) is 58.6 Å². The molecule has 0 aromatic carbocycles. The van der Waals surface area contributed by atoms with E-state index in [0.717, 1.165) is 38.3 Å². The minimum atomic E-state index is -0.544. The number of hydrogen-bond acceptors (Lipinski definition) is 8. The average molecular weight is 497 g/mol. The molecule has 7 nitrogen and oxygen atoms in total. The van der Waals surface area contributed by atoms with Gasteiger partial charge in [0.25, 0.3) is 0 Å². The van der Waals surface area contributed by atoms with Crippen molar-refractivity contribution >= 4 is 33.3 Å². The molecule has 1 aliphatic heterocycles.